The summed E-state index contributed by atoms with van der Waals surface area (Å²) >= 11 is 5.81. The van der Waals surface area contributed by atoms with Crippen molar-refractivity contribution in [3.63, 3.8) is 0 Å². The van der Waals surface area contributed by atoms with Crippen molar-refractivity contribution in [1.29, 1.82) is 0 Å². The predicted molar refractivity (Wildman–Crippen MR) is 85.6 cm³/mol. The van der Waals surface area contributed by atoms with Gasteiger partial charge in [0.2, 0.25) is 5.91 Å². The topological polar surface area (TPSA) is 73.6 Å². The van der Waals surface area contributed by atoms with Gasteiger partial charge in [0, 0.05) is 12.3 Å². The summed E-state index contributed by atoms with van der Waals surface area (Å²) in [5, 5.41) is 3.21. The number of hydrogen-bond acceptors (Lipinski definition) is 4. The number of anilines is 2. The first-order valence-corrected chi connectivity index (χ1v) is 7.37. The molecule has 0 saturated heterocycles. The van der Waals surface area contributed by atoms with Crippen molar-refractivity contribution in [2.24, 2.45) is 5.92 Å². The van der Waals surface area contributed by atoms with Crippen LogP contribution in [-0.2, 0) is 14.3 Å². The first-order valence-electron chi connectivity index (χ1n) is 6.99. The lowest BCUT2D eigenvalue weighted by Gasteiger charge is -2.08. The van der Waals surface area contributed by atoms with E-state index in [-0.39, 0.29) is 12.3 Å². The van der Waals surface area contributed by atoms with Crippen molar-refractivity contribution >= 4 is 28.9 Å². The Hall–Kier alpha value is -1.30. The lowest BCUT2D eigenvalue weighted by Crippen LogP contribution is -2.15. The van der Waals surface area contributed by atoms with Gasteiger partial charge in [0.1, 0.15) is 0 Å². The lowest BCUT2D eigenvalue weighted by molar-refractivity contribution is -0.117. The van der Waals surface area contributed by atoms with Crippen LogP contribution in [0, 0.1) is 5.92 Å². The normalized spacial score (nSPS) is 10.9. The van der Waals surface area contributed by atoms with Crippen LogP contribution >= 0.6 is 11.6 Å². The molecule has 0 fully saturated rings. The van der Waals surface area contributed by atoms with Gasteiger partial charge in [0.25, 0.3) is 0 Å². The number of amides is 1. The molecule has 0 bridgehead atoms. The van der Waals surface area contributed by atoms with Crippen LogP contribution in [0.4, 0.5) is 11.4 Å². The number of rotatable bonds is 9. The molecule has 3 N–H and O–H groups in total. The number of carbonyl (C=O) groups is 1. The Morgan fingerprint density at radius 3 is 2.67 bits per heavy atom. The highest BCUT2D eigenvalue weighted by atomic mass is 35.5. The van der Waals surface area contributed by atoms with Crippen molar-refractivity contribution in [3.8, 4) is 0 Å². The maximum atomic E-state index is 11.7. The number of ether oxygens (including phenoxy) is 2. The van der Waals surface area contributed by atoms with Crippen molar-refractivity contribution in [1.82, 2.24) is 0 Å². The summed E-state index contributed by atoms with van der Waals surface area (Å²) in [4.78, 5) is 11.7. The number of nitrogen functional groups attached to an aromatic ring is 1. The second kappa shape index (κ2) is 9.60. The maximum Gasteiger partial charge on any atom is 0.226 e. The number of halogens is 1. The molecule has 1 aromatic carbocycles. The molecule has 0 aromatic heterocycles. The van der Waals surface area contributed by atoms with Gasteiger partial charge in [0.15, 0.2) is 0 Å². The molecule has 0 heterocycles. The number of hydrogen-bond donors (Lipinski definition) is 2. The lowest BCUT2D eigenvalue weighted by atomic mass is 10.2. The molecule has 0 aliphatic rings. The molecule has 0 aliphatic heterocycles. The SMILES string of the molecule is CC(C)COCCOCCC(=O)Nc1ccc(Cl)c(N)c1. The summed E-state index contributed by atoms with van der Waals surface area (Å²) < 4.78 is 10.7. The van der Waals surface area contributed by atoms with Crippen LogP contribution in [0.25, 0.3) is 0 Å². The summed E-state index contributed by atoms with van der Waals surface area (Å²) in [5.41, 5.74) is 6.73. The first kappa shape index (κ1) is 17.8. The summed E-state index contributed by atoms with van der Waals surface area (Å²) in [5.74, 6) is 0.391. The molecule has 0 unspecified atom stereocenters. The Bertz CT molecular complexity index is 453. The van der Waals surface area contributed by atoms with Crippen molar-refractivity contribution < 1.29 is 14.3 Å². The molecule has 21 heavy (non-hydrogen) atoms. The maximum absolute atomic E-state index is 11.7. The molecule has 118 valence electrons. The standard InChI is InChI=1S/C15H23ClN2O3/c1-11(2)10-21-8-7-20-6-5-15(19)18-12-3-4-13(16)14(17)9-12/h3-4,9,11H,5-8,10,17H2,1-2H3,(H,18,19). The molecular formula is C15H23ClN2O3. The zero-order valence-corrected chi connectivity index (χ0v) is 13.3. The third-order valence-electron chi connectivity index (χ3n) is 2.58. The second-order valence-corrected chi connectivity index (χ2v) is 5.52. The van der Waals surface area contributed by atoms with Gasteiger partial charge in [-0.05, 0) is 24.1 Å². The first-order chi connectivity index (χ1) is 9.99. The average Bonchev–Trinajstić information content (AvgIpc) is 2.41. The number of carbonyl (C=O) groups excluding carboxylic acids is 1. The fraction of sp³-hybridized carbons (Fsp3) is 0.533. The van der Waals surface area contributed by atoms with Gasteiger partial charge >= 0.3 is 0 Å². The minimum absolute atomic E-state index is 0.125. The van der Waals surface area contributed by atoms with E-state index in [9.17, 15) is 4.79 Å². The molecule has 0 atom stereocenters. The molecule has 5 nitrogen and oxygen atoms in total. The largest absolute Gasteiger partial charge is 0.397 e. The van der Waals surface area contributed by atoms with Crippen molar-refractivity contribution in [3.05, 3.63) is 23.2 Å². The molecule has 6 heteroatoms. The third-order valence-corrected chi connectivity index (χ3v) is 2.92. The fourth-order valence-electron chi connectivity index (χ4n) is 1.55. The molecular weight excluding hydrogens is 292 g/mol. The summed E-state index contributed by atoms with van der Waals surface area (Å²) in [6.45, 7) is 6.31. The zero-order chi connectivity index (χ0) is 15.7. The van der Waals surface area contributed by atoms with Crippen molar-refractivity contribution in [2.75, 3.05) is 37.5 Å². The van der Waals surface area contributed by atoms with E-state index < -0.39 is 0 Å². The van der Waals surface area contributed by atoms with Crippen LogP contribution in [0.1, 0.15) is 20.3 Å². The molecule has 0 aliphatic carbocycles. The van der Waals surface area contributed by atoms with E-state index in [0.717, 1.165) is 6.61 Å². The predicted octanol–water partition coefficient (Wildman–Crippen LogP) is 2.94. The van der Waals surface area contributed by atoms with Gasteiger partial charge in [-0.1, -0.05) is 25.4 Å². The summed E-state index contributed by atoms with van der Waals surface area (Å²) in [6, 6.07) is 4.98. The smallest absolute Gasteiger partial charge is 0.226 e. The highest BCUT2D eigenvalue weighted by molar-refractivity contribution is 6.33. The van der Waals surface area contributed by atoms with E-state index in [0.29, 0.717) is 42.1 Å². The minimum Gasteiger partial charge on any atom is -0.397 e. The molecule has 1 aromatic rings. The van der Waals surface area contributed by atoms with Crippen LogP contribution in [0.3, 0.4) is 0 Å². The molecule has 1 amide bonds. The Labute approximate surface area is 130 Å². The van der Waals surface area contributed by atoms with Crippen LogP contribution in [0.15, 0.2) is 18.2 Å². The van der Waals surface area contributed by atoms with E-state index in [2.05, 4.69) is 19.2 Å². The summed E-state index contributed by atoms with van der Waals surface area (Å²) in [6.07, 6.45) is 0.284. The average molecular weight is 315 g/mol. The number of nitrogens with one attached hydrogen (secondary N) is 1. The molecule has 0 spiro atoms. The quantitative estimate of drug-likeness (QED) is 0.543. The third kappa shape index (κ3) is 7.90. The highest BCUT2D eigenvalue weighted by Gasteiger charge is 2.04. The van der Waals surface area contributed by atoms with E-state index >= 15 is 0 Å². The van der Waals surface area contributed by atoms with Gasteiger partial charge in [-0.3, -0.25) is 4.79 Å². The van der Waals surface area contributed by atoms with Crippen LogP contribution < -0.4 is 11.1 Å². The van der Waals surface area contributed by atoms with E-state index in [1.807, 2.05) is 0 Å². The van der Waals surface area contributed by atoms with Gasteiger partial charge in [-0.25, -0.2) is 0 Å². The Morgan fingerprint density at radius 1 is 1.29 bits per heavy atom. The zero-order valence-electron chi connectivity index (χ0n) is 12.5. The Kier molecular flexibility index (Phi) is 8.12. The Morgan fingerprint density at radius 2 is 2.00 bits per heavy atom. The monoisotopic (exact) mass is 314 g/mol. The van der Waals surface area contributed by atoms with Gasteiger partial charge in [0.05, 0.1) is 37.0 Å². The van der Waals surface area contributed by atoms with Gasteiger partial charge in [-0.2, -0.15) is 0 Å². The van der Waals surface area contributed by atoms with Crippen molar-refractivity contribution in [2.45, 2.75) is 20.3 Å². The summed E-state index contributed by atoms with van der Waals surface area (Å²) in [7, 11) is 0. The molecule has 0 radical (unpaired) electrons. The molecule has 0 saturated carbocycles. The highest BCUT2D eigenvalue weighted by Crippen LogP contribution is 2.22. The number of nitrogens with two attached hydrogens (primary N) is 1. The Balaban J connectivity index is 2.12. The minimum atomic E-state index is -0.125. The van der Waals surface area contributed by atoms with E-state index in [1.54, 1.807) is 18.2 Å². The fourth-order valence-corrected chi connectivity index (χ4v) is 1.67. The van der Waals surface area contributed by atoms with Crippen LogP contribution in [0.5, 0.6) is 0 Å². The van der Waals surface area contributed by atoms with Crippen LogP contribution in [0.2, 0.25) is 5.02 Å². The van der Waals surface area contributed by atoms with E-state index in [1.165, 1.54) is 0 Å². The van der Waals surface area contributed by atoms with Crippen LogP contribution in [-0.4, -0.2) is 32.3 Å². The molecule has 1 rings (SSSR count). The van der Waals surface area contributed by atoms with E-state index in [4.69, 9.17) is 26.8 Å². The number of benzene rings is 1. The second-order valence-electron chi connectivity index (χ2n) is 5.12. The van der Waals surface area contributed by atoms with Gasteiger partial charge < -0.3 is 20.5 Å². The van der Waals surface area contributed by atoms with Gasteiger partial charge in [-0.15, -0.1) is 0 Å².